The molecule has 3 nitrogen and oxygen atoms in total. The molecule has 2 aliphatic rings. The fourth-order valence-corrected chi connectivity index (χ4v) is 3.96. The van der Waals surface area contributed by atoms with Crippen molar-refractivity contribution in [3.8, 4) is 0 Å². The number of hydrogen-bond donors (Lipinski definition) is 1. The Labute approximate surface area is 124 Å². The van der Waals surface area contributed by atoms with Gasteiger partial charge in [0.25, 0.3) is 5.91 Å². The Kier molecular flexibility index (Phi) is 4.54. The first-order chi connectivity index (χ1) is 8.63. The molecule has 0 aliphatic carbocycles. The summed E-state index contributed by atoms with van der Waals surface area (Å²) in [6.45, 7) is 5.95. The van der Waals surface area contributed by atoms with Crippen LogP contribution in [0.5, 0.6) is 0 Å². The normalized spacial score (nSPS) is 25.9. The molecule has 1 N–H and O–H groups in total. The van der Waals surface area contributed by atoms with E-state index in [4.69, 9.17) is 0 Å². The summed E-state index contributed by atoms with van der Waals surface area (Å²) in [4.78, 5) is 16.7. The fraction of sp³-hybridized carbons (Fsp3) is 0.643. The van der Waals surface area contributed by atoms with Gasteiger partial charge in [0.2, 0.25) is 0 Å². The third-order valence-corrected chi connectivity index (χ3v) is 5.33. The van der Waals surface area contributed by atoms with Crippen LogP contribution in [0.25, 0.3) is 0 Å². The molecule has 3 heterocycles. The van der Waals surface area contributed by atoms with Crippen LogP contribution in [-0.4, -0.2) is 36.0 Å². The summed E-state index contributed by atoms with van der Waals surface area (Å²) in [5, 5.41) is 3.62. The number of carbonyl (C=O) groups is 1. The fourth-order valence-electron chi connectivity index (χ4n) is 2.96. The van der Waals surface area contributed by atoms with E-state index in [2.05, 4.69) is 19.2 Å². The van der Waals surface area contributed by atoms with Crippen LogP contribution in [0, 0.1) is 13.8 Å². The first-order valence-electron chi connectivity index (χ1n) is 6.76. The lowest BCUT2D eigenvalue weighted by molar-refractivity contribution is 0.0753. The molecule has 0 aromatic carbocycles. The highest BCUT2D eigenvalue weighted by Gasteiger charge is 2.31. The molecular weight excluding hydrogens is 280 g/mol. The molecule has 2 aliphatic heterocycles. The van der Waals surface area contributed by atoms with Crippen LogP contribution >= 0.6 is 23.7 Å². The van der Waals surface area contributed by atoms with Gasteiger partial charge in [0.1, 0.15) is 0 Å². The Hall–Kier alpha value is -0.580. The molecular formula is C14H21ClN2OS. The van der Waals surface area contributed by atoms with E-state index in [1.165, 1.54) is 23.3 Å². The second kappa shape index (κ2) is 5.81. The molecule has 0 spiro atoms. The maximum Gasteiger partial charge on any atom is 0.263 e. The van der Waals surface area contributed by atoms with Gasteiger partial charge < -0.3 is 10.2 Å². The third kappa shape index (κ3) is 2.96. The van der Waals surface area contributed by atoms with Crippen molar-refractivity contribution in [1.82, 2.24) is 10.2 Å². The van der Waals surface area contributed by atoms with Gasteiger partial charge in [-0.05, 0) is 44.7 Å². The number of fused-ring (bicyclic) bond motifs is 2. The average Bonchev–Trinajstić information content (AvgIpc) is 2.82. The molecule has 2 saturated heterocycles. The number of carbonyl (C=O) groups excluding carboxylic acids is 1. The largest absolute Gasteiger partial charge is 0.336 e. The average molecular weight is 301 g/mol. The second-order valence-electron chi connectivity index (χ2n) is 5.53. The summed E-state index contributed by atoms with van der Waals surface area (Å²) in [5.74, 6) is 0.227. The van der Waals surface area contributed by atoms with E-state index < -0.39 is 0 Å². The number of likely N-dealkylation sites (tertiary alicyclic amines) is 1. The van der Waals surface area contributed by atoms with Crippen LogP contribution < -0.4 is 5.32 Å². The minimum Gasteiger partial charge on any atom is -0.336 e. The number of rotatable bonds is 1. The number of amides is 1. The molecule has 2 bridgehead atoms. The molecule has 1 aromatic rings. The minimum absolute atomic E-state index is 0. The maximum atomic E-state index is 12.5. The van der Waals surface area contributed by atoms with Gasteiger partial charge in [0.15, 0.2) is 0 Å². The van der Waals surface area contributed by atoms with E-state index in [9.17, 15) is 4.79 Å². The van der Waals surface area contributed by atoms with Gasteiger partial charge in [0.05, 0.1) is 4.88 Å². The lowest BCUT2D eigenvalue weighted by atomic mass is 10.1. The molecule has 19 heavy (non-hydrogen) atoms. The van der Waals surface area contributed by atoms with Crippen LogP contribution in [0.2, 0.25) is 0 Å². The molecule has 1 aromatic heterocycles. The summed E-state index contributed by atoms with van der Waals surface area (Å²) in [7, 11) is 0. The third-order valence-electron chi connectivity index (χ3n) is 4.19. The number of halogens is 1. The van der Waals surface area contributed by atoms with Gasteiger partial charge in [-0.15, -0.1) is 23.7 Å². The molecule has 5 heteroatoms. The Balaban J connectivity index is 0.00000133. The van der Waals surface area contributed by atoms with E-state index in [1.54, 1.807) is 11.3 Å². The molecule has 0 radical (unpaired) electrons. The smallest absolute Gasteiger partial charge is 0.263 e. The SMILES string of the molecule is Cc1cc(C(=O)N2CCC3CCC(C2)N3)sc1C.Cl. The number of hydrogen-bond acceptors (Lipinski definition) is 3. The number of nitrogens with zero attached hydrogens (tertiary/aromatic N) is 1. The van der Waals surface area contributed by atoms with Crippen molar-refractivity contribution in [1.29, 1.82) is 0 Å². The van der Waals surface area contributed by atoms with E-state index in [1.807, 2.05) is 11.0 Å². The first kappa shape index (κ1) is 14.8. The molecule has 0 saturated carbocycles. The van der Waals surface area contributed by atoms with E-state index in [0.29, 0.717) is 12.1 Å². The van der Waals surface area contributed by atoms with Crippen LogP contribution in [0.1, 0.15) is 39.4 Å². The van der Waals surface area contributed by atoms with Crippen molar-refractivity contribution in [2.45, 2.75) is 45.2 Å². The summed E-state index contributed by atoms with van der Waals surface area (Å²) < 4.78 is 0. The van der Waals surface area contributed by atoms with Crippen LogP contribution in [0.3, 0.4) is 0 Å². The summed E-state index contributed by atoms with van der Waals surface area (Å²) in [6.07, 6.45) is 3.60. The summed E-state index contributed by atoms with van der Waals surface area (Å²) in [5.41, 5.74) is 1.23. The predicted molar refractivity (Wildman–Crippen MR) is 81.5 cm³/mol. The van der Waals surface area contributed by atoms with Gasteiger partial charge >= 0.3 is 0 Å². The van der Waals surface area contributed by atoms with E-state index in [0.717, 1.165) is 24.4 Å². The van der Waals surface area contributed by atoms with Gasteiger partial charge in [-0.25, -0.2) is 0 Å². The van der Waals surface area contributed by atoms with Crippen molar-refractivity contribution >= 4 is 29.7 Å². The quantitative estimate of drug-likeness (QED) is 0.865. The van der Waals surface area contributed by atoms with E-state index in [-0.39, 0.29) is 18.3 Å². The van der Waals surface area contributed by atoms with Crippen molar-refractivity contribution in [3.05, 3.63) is 21.4 Å². The highest BCUT2D eigenvalue weighted by Crippen LogP contribution is 2.25. The molecule has 2 fully saturated rings. The molecule has 106 valence electrons. The predicted octanol–water partition coefficient (Wildman–Crippen LogP) is 2.75. The number of thiophene rings is 1. The van der Waals surface area contributed by atoms with Crippen molar-refractivity contribution in [2.75, 3.05) is 13.1 Å². The minimum atomic E-state index is 0. The molecule has 1 amide bonds. The number of nitrogens with one attached hydrogen (secondary N) is 1. The van der Waals surface area contributed by atoms with Gasteiger partial charge in [-0.1, -0.05) is 0 Å². The van der Waals surface area contributed by atoms with Crippen molar-refractivity contribution < 1.29 is 4.79 Å². The second-order valence-corrected chi connectivity index (χ2v) is 6.78. The Morgan fingerprint density at radius 3 is 2.74 bits per heavy atom. The monoisotopic (exact) mass is 300 g/mol. The topological polar surface area (TPSA) is 32.3 Å². The lowest BCUT2D eigenvalue weighted by Gasteiger charge is -2.23. The Morgan fingerprint density at radius 2 is 2.05 bits per heavy atom. The van der Waals surface area contributed by atoms with Crippen LogP contribution in [-0.2, 0) is 0 Å². The molecule has 2 atom stereocenters. The standard InChI is InChI=1S/C14H20N2OS.ClH/c1-9-7-13(18-10(9)2)14(17)16-6-5-11-3-4-12(8-16)15-11;/h7,11-12,15H,3-6,8H2,1-2H3;1H. The zero-order chi connectivity index (χ0) is 12.7. The summed E-state index contributed by atoms with van der Waals surface area (Å²) >= 11 is 1.63. The zero-order valence-electron chi connectivity index (χ0n) is 11.4. The first-order valence-corrected chi connectivity index (χ1v) is 7.57. The van der Waals surface area contributed by atoms with E-state index >= 15 is 0 Å². The Bertz CT molecular complexity index is 455. The number of aryl methyl sites for hydroxylation is 2. The highest BCUT2D eigenvalue weighted by molar-refractivity contribution is 7.14. The molecule has 3 rings (SSSR count). The van der Waals surface area contributed by atoms with Gasteiger partial charge in [0, 0.05) is 30.1 Å². The molecule has 2 unspecified atom stereocenters. The van der Waals surface area contributed by atoms with Crippen LogP contribution in [0.4, 0.5) is 0 Å². The Morgan fingerprint density at radius 1 is 1.32 bits per heavy atom. The maximum absolute atomic E-state index is 12.5. The van der Waals surface area contributed by atoms with Crippen molar-refractivity contribution in [3.63, 3.8) is 0 Å². The zero-order valence-corrected chi connectivity index (χ0v) is 13.1. The van der Waals surface area contributed by atoms with Gasteiger partial charge in [-0.2, -0.15) is 0 Å². The van der Waals surface area contributed by atoms with Gasteiger partial charge in [-0.3, -0.25) is 4.79 Å². The lowest BCUT2D eigenvalue weighted by Crippen LogP contribution is -2.38. The van der Waals surface area contributed by atoms with Crippen molar-refractivity contribution in [2.24, 2.45) is 0 Å². The summed E-state index contributed by atoms with van der Waals surface area (Å²) in [6, 6.07) is 3.20. The highest BCUT2D eigenvalue weighted by atomic mass is 35.5. The van der Waals surface area contributed by atoms with Crippen LogP contribution in [0.15, 0.2) is 6.07 Å².